The maximum absolute atomic E-state index is 13.6. The fourth-order valence-corrected chi connectivity index (χ4v) is 1.73. The normalized spacial score (nSPS) is 10.2. The number of rotatable bonds is 6. The van der Waals surface area contributed by atoms with Crippen molar-refractivity contribution in [1.29, 1.82) is 0 Å². The Morgan fingerprint density at radius 3 is 1.22 bits per heavy atom. The molecule has 23 heavy (non-hydrogen) atoms. The molecule has 0 aliphatic rings. The quantitative estimate of drug-likeness (QED) is 0.603. The van der Waals surface area contributed by atoms with E-state index >= 15 is 0 Å². The number of benzene rings is 2. The van der Waals surface area contributed by atoms with E-state index in [0.717, 1.165) is 24.3 Å². The van der Waals surface area contributed by atoms with Crippen LogP contribution in [0.3, 0.4) is 0 Å². The second-order valence-electron chi connectivity index (χ2n) is 4.25. The zero-order chi connectivity index (χ0) is 17.0. The first-order valence-corrected chi connectivity index (χ1v) is 6.28. The van der Waals surface area contributed by atoms with Crippen LogP contribution in [0.25, 0.3) is 0 Å². The zero-order valence-corrected chi connectivity index (χ0v) is 12.2. The Balaban J connectivity index is 2.09. The summed E-state index contributed by atoms with van der Waals surface area (Å²) in [5.74, 6) is -5.74. The van der Waals surface area contributed by atoms with Gasteiger partial charge in [0.15, 0.2) is 34.8 Å². The fraction of sp³-hybridized carbons (Fsp3) is 0.143. The molecule has 0 N–H and O–H groups in total. The van der Waals surface area contributed by atoms with Crippen molar-refractivity contribution in [2.24, 2.45) is 0 Å². The van der Waals surface area contributed by atoms with Crippen molar-refractivity contribution in [3.05, 3.63) is 47.5 Å². The molecule has 0 amide bonds. The first-order valence-electron chi connectivity index (χ1n) is 6.28. The summed E-state index contributed by atoms with van der Waals surface area (Å²) >= 11 is 0. The van der Waals surface area contributed by atoms with Gasteiger partial charge in [-0.15, -0.1) is 0 Å². The van der Waals surface area contributed by atoms with Crippen LogP contribution in [-0.4, -0.2) is 21.9 Å². The van der Waals surface area contributed by atoms with Crippen molar-refractivity contribution in [2.75, 3.05) is 14.2 Å². The summed E-state index contributed by atoms with van der Waals surface area (Å²) in [6.07, 6.45) is 0. The molecule has 0 atom stereocenters. The lowest BCUT2D eigenvalue weighted by Gasteiger charge is -2.12. The molecule has 0 saturated carbocycles. The first kappa shape index (κ1) is 16.8. The number of hydrogen-bond acceptors (Lipinski definition) is 4. The molecule has 4 nitrogen and oxygen atoms in total. The highest BCUT2D eigenvalue weighted by molar-refractivity contribution is 6.20. The van der Waals surface area contributed by atoms with E-state index in [2.05, 4.69) is 9.47 Å². The highest BCUT2D eigenvalue weighted by Gasteiger charge is 2.17. The molecule has 122 valence electrons. The van der Waals surface area contributed by atoms with Gasteiger partial charge in [0.2, 0.25) is 0 Å². The molecule has 0 fully saturated rings. The number of hydrogen-bond donors (Lipinski definition) is 0. The molecular formula is C14H11BF4O4. The Labute approximate surface area is 129 Å². The third-order valence-corrected chi connectivity index (χ3v) is 2.82. The van der Waals surface area contributed by atoms with Crippen molar-refractivity contribution in [3.8, 4) is 23.0 Å². The van der Waals surface area contributed by atoms with Crippen LogP contribution in [0.5, 0.6) is 23.0 Å². The van der Waals surface area contributed by atoms with Crippen LogP contribution in [0.2, 0.25) is 0 Å². The second kappa shape index (κ2) is 7.12. The second-order valence-corrected chi connectivity index (χ2v) is 4.25. The summed E-state index contributed by atoms with van der Waals surface area (Å²) in [5.41, 5.74) is 0. The van der Waals surface area contributed by atoms with Gasteiger partial charge in [0.05, 0.1) is 14.2 Å². The average Bonchev–Trinajstić information content (AvgIpc) is 2.51. The van der Waals surface area contributed by atoms with E-state index in [1.807, 2.05) is 0 Å². The SMILES string of the molecule is COc1cc(F)c(OBOc2c(F)cc(OC)cc2F)c(F)c1. The van der Waals surface area contributed by atoms with E-state index in [1.54, 1.807) is 0 Å². The molecule has 0 aliphatic heterocycles. The molecule has 0 spiro atoms. The molecule has 0 heterocycles. The lowest BCUT2D eigenvalue weighted by molar-refractivity contribution is 0.371. The fourth-order valence-electron chi connectivity index (χ4n) is 1.73. The van der Waals surface area contributed by atoms with E-state index in [9.17, 15) is 17.6 Å². The molecule has 0 aromatic heterocycles. The van der Waals surface area contributed by atoms with Crippen LogP contribution in [0.1, 0.15) is 0 Å². The van der Waals surface area contributed by atoms with Crippen molar-refractivity contribution in [3.63, 3.8) is 0 Å². The van der Waals surface area contributed by atoms with Gasteiger partial charge in [0.25, 0.3) is 0 Å². The predicted molar refractivity (Wildman–Crippen MR) is 74.2 cm³/mol. The lowest BCUT2D eigenvalue weighted by Crippen LogP contribution is -2.14. The summed E-state index contributed by atoms with van der Waals surface area (Å²) in [7, 11) is 1.68. The summed E-state index contributed by atoms with van der Waals surface area (Å²) in [5, 5.41) is 0. The Bertz CT molecular complexity index is 606. The summed E-state index contributed by atoms with van der Waals surface area (Å²) in [4.78, 5) is 0. The molecule has 0 aliphatic carbocycles. The number of ether oxygens (including phenoxy) is 2. The lowest BCUT2D eigenvalue weighted by atomic mass is 10.2. The van der Waals surface area contributed by atoms with Crippen molar-refractivity contribution < 1.29 is 36.3 Å². The summed E-state index contributed by atoms with van der Waals surface area (Å²) in [6, 6.07) is 3.58. The van der Waals surface area contributed by atoms with Gasteiger partial charge in [-0.25, -0.2) is 17.6 Å². The van der Waals surface area contributed by atoms with E-state index in [4.69, 9.17) is 9.31 Å². The first-order chi connectivity index (χ1) is 11.0. The number of halogens is 4. The number of methoxy groups -OCH3 is 2. The minimum absolute atomic E-state index is 0.0412. The van der Waals surface area contributed by atoms with Crippen molar-refractivity contribution in [2.45, 2.75) is 0 Å². The third kappa shape index (κ3) is 3.79. The van der Waals surface area contributed by atoms with E-state index in [-0.39, 0.29) is 11.5 Å². The maximum Gasteiger partial charge on any atom is 0.576 e. The molecule has 0 radical (unpaired) electrons. The highest BCUT2D eigenvalue weighted by Crippen LogP contribution is 2.28. The van der Waals surface area contributed by atoms with E-state index in [1.165, 1.54) is 14.2 Å². The predicted octanol–water partition coefficient (Wildman–Crippen LogP) is 2.98. The zero-order valence-electron chi connectivity index (χ0n) is 12.2. The minimum Gasteiger partial charge on any atom is -0.524 e. The van der Waals surface area contributed by atoms with Crippen LogP contribution >= 0.6 is 0 Å². The minimum atomic E-state index is -1.04. The van der Waals surface area contributed by atoms with Gasteiger partial charge in [-0.2, -0.15) is 0 Å². The Morgan fingerprint density at radius 2 is 0.957 bits per heavy atom. The molecule has 2 aromatic carbocycles. The van der Waals surface area contributed by atoms with Crippen LogP contribution in [-0.2, 0) is 0 Å². The van der Waals surface area contributed by atoms with Gasteiger partial charge in [0.1, 0.15) is 11.5 Å². The van der Waals surface area contributed by atoms with Gasteiger partial charge in [-0.1, -0.05) is 0 Å². The molecule has 0 bridgehead atoms. The van der Waals surface area contributed by atoms with Gasteiger partial charge < -0.3 is 18.8 Å². The van der Waals surface area contributed by atoms with Crippen LogP contribution < -0.4 is 18.8 Å². The van der Waals surface area contributed by atoms with E-state index in [0.29, 0.717) is 0 Å². The van der Waals surface area contributed by atoms with Gasteiger partial charge in [-0.05, 0) is 0 Å². The van der Waals surface area contributed by atoms with Crippen molar-refractivity contribution in [1.82, 2.24) is 0 Å². The van der Waals surface area contributed by atoms with Gasteiger partial charge >= 0.3 is 7.69 Å². The van der Waals surface area contributed by atoms with E-state index < -0.39 is 42.5 Å². The third-order valence-electron chi connectivity index (χ3n) is 2.82. The Hall–Kier alpha value is -2.58. The highest BCUT2D eigenvalue weighted by atomic mass is 19.1. The topological polar surface area (TPSA) is 36.9 Å². The van der Waals surface area contributed by atoms with Crippen molar-refractivity contribution >= 4 is 7.69 Å². The van der Waals surface area contributed by atoms with Crippen LogP contribution in [0.15, 0.2) is 24.3 Å². The average molecular weight is 330 g/mol. The molecule has 0 saturated heterocycles. The molecular weight excluding hydrogens is 319 g/mol. The molecule has 0 unspecified atom stereocenters. The standard InChI is InChI=1S/C14H11BF4O4/c1-20-7-3-9(16)13(10(17)4-7)22-15-23-14-11(18)5-8(21-2)6-12(14)19/h3-6,15H,1-2H3. The molecule has 2 rings (SSSR count). The molecule has 2 aromatic rings. The monoisotopic (exact) mass is 330 g/mol. The van der Waals surface area contributed by atoms with Gasteiger partial charge in [-0.3, -0.25) is 0 Å². The largest absolute Gasteiger partial charge is 0.576 e. The Kier molecular flexibility index (Phi) is 5.20. The smallest absolute Gasteiger partial charge is 0.524 e. The van der Waals surface area contributed by atoms with Crippen LogP contribution in [0, 0.1) is 23.3 Å². The van der Waals surface area contributed by atoms with Gasteiger partial charge in [0, 0.05) is 24.3 Å². The summed E-state index contributed by atoms with van der Waals surface area (Å²) in [6.45, 7) is 0. The van der Waals surface area contributed by atoms with Crippen LogP contribution in [0.4, 0.5) is 17.6 Å². The maximum atomic E-state index is 13.6. The Morgan fingerprint density at radius 1 is 0.652 bits per heavy atom. The summed E-state index contributed by atoms with van der Waals surface area (Å²) < 4.78 is 73.3. The molecule has 9 heteroatoms.